The fourth-order valence-electron chi connectivity index (χ4n) is 3.24. The van der Waals surface area contributed by atoms with E-state index in [9.17, 15) is 9.18 Å². The average molecular weight is 292 g/mol. The van der Waals surface area contributed by atoms with Crippen LogP contribution in [-0.4, -0.2) is 39.4 Å². The quantitative estimate of drug-likeness (QED) is 0.267. The highest BCUT2D eigenvalue weighted by Crippen LogP contribution is 2.30. The SMILES string of the molecule is N/C(=N\O)C1CCC2CCc3cc(F)ncc3C(=O)N2C1. The van der Waals surface area contributed by atoms with Gasteiger partial charge >= 0.3 is 0 Å². The number of amidine groups is 1. The minimum absolute atomic E-state index is 0.121. The van der Waals surface area contributed by atoms with Crippen molar-refractivity contribution in [1.82, 2.24) is 9.88 Å². The minimum atomic E-state index is -0.559. The Kier molecular flexibility index (Phi) is 3.48. The zero-order valence-corrected chi connectivity index (χ0v) is 11.5. The van der Waals surface area contributed by atoms with Crippen LogP contribution in [0.4, 0.5) is 4.39 Å². The molecule has 1 fully saturated rings. The number of carbonyl (C=O) groups excluding carboxylic acids is 1. The molecule has 2 aliphatic heterocycles. The van der Waals surface area contributed by atoms with Crippen molar-refractivity contribution in [1.29, 1.82) is 0 Å². The molecule has 0 radical (unpaired) electrons. The molecule has 0 aromatic carbocycles. The van der Waals surface area contributed by atoms with Gasteiger partial charge in [0.05, 0.1) is 5.56 Å². The van der Waals surface area contributed by atoms with Gasteiger partial charge in [-0.1, -0.05) is 5.16 Å². The van der Waals surface area contributed by atoms with E-state index in [0.29, 0.717) is 24.1 Å². The predicted molar refractivity (Wildman–Crippen MR) is 73.5 cm³/mol. The number of hydrogen-bond donors (Lipinski definition) is 2. The van der Waals surface area contributed by atoms with Crippen LogP contribution in [0.1, 0.15) is 35.2 Å². The zero-order chi connectivity index (χ0) is 15.0. The second kappa shape index (κ2) is 5.31. The van der Waals surface area contributed by atoms with Crippen LogP contribution in [0.25, 0.3) is 0 Å². The summed E-state index contributed by atoms with van der Waals surface area (Å²) < 4.78 is 13.2. The van der Waals surface area contributed by atoms with Crippen LogP contribution in [0.5, 0.6) is 0 Å². The summed E-state index contributed by atoms with van der Waals surface area (Å²) in [6.45, 7) is 0.427. The number of oxime groups is 1. The Labute approximate surface area is 121 Å². The topological polar surface area (TPSA) is 91.8 Å². The number of pyridine rings is 1. The molecule has 1 amide bonds. The summed E-state index contributed by atoms with van der Waals surface area (Å²) in [6, 6.07) is 1.46. The van der Waals surface area contributed by atoms with Crippen molar-refractivity contribution >= 4 is 11.7 Å². The van der Waals surface area contributed by atoms with E-state index in [2.05, 4.69) is 10.1 Å². The molecule has 0 spiro atoms. The largest absolute Gasteiger partial charge is 0.409 e. The van der Waals surface area contributed by atoms with Crippen LogP contribution in [0.15, 0.2) is 17.4 Å². The van der Waals surface area contributed by atoms with Crippen LogP contribution in [-0.2, 0) is 6.42 Å². The average Bonchev–Trinajstić information content (AvgIpc) is 2.63. The molecule has 3 rings (SSSR count). The third kappa shape index (κ3) is 2.43. The highest BCUT2D eigenvalue weighted by molar-refractivity contribution is 5.96. The number of carbonyl (C=O) groups is 1. The van der Waals surface area contributed by atoms with Crippen molar-refractivity contribution in [3.05, 3.63) is 29.3 Å². The molecule has 6 nitrogen and oxygen atoms in total. The van der Waals surface area contributed by atoms with Crippen molar-refractivity contribution in [2.24, 2.45) is 16.8 Å². The van der Waals surface area contributed by atoms with Gasteiger partial charge in [-0.2, -0.15) is 4.39 Å². The van der Waals surface area contributed by atoms with Crippen molar-refractivity contribution in [2.45, 2.75) is 31.7 Å². The molecule has 2 atom stereocenters. The number of piperidine rings is 1. The summed E-state index contributed by atoms with van der Waals surface area (Å²) in [7, 11) is 0. The van der Waals surface area contributed by atoms with Gasteiger partial charge < -0.3 is 15.8 Å². The summed E-state index contributed by atoms with van der Waals surface area (Å²) in [5, 5.41) is 11.8. The standard InChI is InChI=1S/C14H17FN4O2/c15-12-5-8-1-3-10-4-2-9(13(16)18-21)7-19(10)14(20)11(8)6-17-12/h5-6,9-10,21H,1-4,7H2,(H2,16,18). The summed E-state index contributed by atoms with van der Waals surface area (Å²) in [6.07, 6.45) is 4.35. The molecule has 0 aliphatic carbocycles. The van der Waals surface area contributed by atoms with Crippen LogP contribution in [0, 0.1) is 11.9 Å². The van der Waals surface area contributed by atoms with Gasteiger partial charge in [-0.05, 0) is 37.3 Å². The molecular weight excluding hydrogens is 275 g/mol. The van der Waals surface area contributed by atoms with Gasteiger partial charge in [0, 0.05) is 24.7 Å². The number of hydrogen-bond acceptors (Lipinski definition) is 4. The van der Waals surface area contributed by atoms with Crippen LogP contribution in [0.3, 0.4) is 0 Å². The summed E-state index contributed by atoms with van der Waals surface area (Å²) in [4.78, 5) is 18.0. The highest BCUT2D eigenvalue weighted by atomic mass is 19.1. The maximum Gasteiger partial charge on any atom is 0.255 e. The Morgan fingerprint density at radius 2 is 2.29 bits per heavy atom. The zero-order valence-electron chi connectivity index (χ0n) is 11.5. The lowest BCUT2D eigenvalue weighted by Crippen LogP contribution is -2.49. The van der Waals surface area contributed by atoms with E-state index in [1.165, 1.54) is 12.3 Å². The van der Waals surface area contributed by atoms with E-state index in [4.69, 9.17) is 10.9 Å². The van der Waals surface area contributed by atoms with Gasteiger partial charge in [0.25, 0.3) is 5.91 Å². The number of halogens is 1. The maximum absolute atomic E-state index is 13.2. The lowest BCUT2D eigenvalue weighted by atomic mass is 9.90. The van der Waals surface area contributed by atoms with Gasteiger partial charge in [-0.25, -0.2) is 4.98 Å². The Balaban J connectivity index is 1.91. The number of fused-ring (bicyclic) bond motifs is 2. The smallest absolute Gasteiger partial charge is 0.255 e. The molecule has 0 bridgehead atoms. The molecule has 2 aliphatic rings. The first kappa shape index (κ1) is 13.8. The first-order chi connectivity index (χ1) is 10.1. The number of amides is 1. The molecule has 112 valence electrons. The highest BCUT2D eigenvalue weighted by Gasteiger charge is 2.36. The number of rotatable bonds is 1. The van der Waals surface area contributed by atoms with Gasteiger partial charge in [0.2, 0.25) is 5.95 Å². The number of nitrogens with zero attached hydrogens (tertiary/aromatic N) is 3. The summed E-state index contributed by atoms with van der Waals surface area (Å²) in [5.74, 6) is -0.681. The first-order valence-electron chi connectivity index (χ1n) is 7.03. The van der Waals surface area contributed by atoms with E-state index in [1.54, 1.807) is 4.90 Å². The summed E-state index contributed by atoms with van der Waals surface area (Å²) >= 11 is 0. The molecule has 3 heterocycles. The van der Waals surface area contributed by atoms with Crippen molar-refractivity contribution in [3.63, 3.8) is 0 Å². The maximum atomic E-state index is 13.2. The van der Waals surface area contributed by atoms with Gasteiger partial charge in [0.1, 0.15) is 5.84 Å². The van der Waals surface area contributed by atoms with E-state index in [0.717, 1.165) is 19.3 Å². The van der Waals surface area contributed by atoms with Gasteiger partial charge in [-0.3, -0.25) is 4.79 Å². The molecule has 2 unspecified atom stereocenters. The third-order valence-corrected chi connectivity index (χ3v) is 4.43. The summed E-state index contributed by atoms with van der Waals surface area (Å²) in [5.41, 5.74) is 6.84. The number of nitrogens with two attached hydrogens (primary N) is 1. The molecule has 3 N–H and O–H groups in total. The van der Waals surface area contributed by atoms with Gasteiger partial charge in [-0.15, -0.1) is 0 Å². The minimum Gasteiger partial charge on any atom is -0.409 e. The van der Waals surface area contributed by atoms with E-state index in [1.807, 2.05) is 0 Å². The Morgan fingerprint density at radius 1 is 1.48 bits per heavy atom. The number of aromatic nitrogens is 1. The van der Waals surface area contributed by atoms with Crippen molar-refractivity contribution < 1.29 is 14.4 Å². The fraction of sp³-hybridized carbons (Fsp3) is 0.500. The molecule has 7 heteroatoms. The van der Waals surface area contributed by atoms with Crippen LogP contribution in [0.2, 0.25) is 0 Å². The first-order valence-corrected chi connectivity index (χ1v) is 7.03. The Hall–Kier alpha value is -2.18. The second-order valence-electron chi connectivity index (χ2n) is 5.61. The normalized spacial score (nSPS) is 26.0. The van der Waals surface area contributed by atoms with Crippen molar-refractivity contribution in [3.8, 4) is 0 Å². The fourth-order valence-corrected chi connectivity index (χ4v) is 3.24. The second-order valence-corrected chi connectivity index (χ2v) is 5.61. The van der Waals surface area contributed by atoms with Crippen LogP contribution < -0.4 is 5.73 Å². The number of aryl methyl sites for hydroxylation is 1. The molecule has 1 aromatic rings. The lowest BCUT2D eigenvalue weighted by molar-refractivity contribution is 0.0578. The van der Waals surface area contributed by atoms with E-state index < -0.39 is 5.95 Å². The predicted octanol–water partition coefficient (Wildman–Crippen LogP) is 1.13. The van der Waals surface area contributed by atoms with E-state index in [-0.39, 0.29) is 23.7 Å². The van der Waals surface area contributed by atoms with Crippen molar-refractivity contribution in [2.75, 3.05) is 6.54 Å². The molecule has 1 saturated heterocycles. The molecule has 21 heavy (non-hydrogen) atoms. The molecule has 0 saturated carbocycles. The monoisotopic (exact) mass is 292 g/mol. The molecular formula is C14H17FN4O2. The Bertz CT molecular complexity index is 605. The molecule has 1 aromatic heterocycles. The van der Waals surface area contributed by atoms with Crippen LogP contribution >= 0.6 is 0 Å². The third-order valence-electron chi connectivity index (χ3n) is 4.43. The Morgan fingerprint density at radius 3 is 3.05 bits per heavy atom. The van der Waals surface area contributed by atoms with E-state index >= 15 is 0 Å². The van der Waals surface area contributed by atoms with Gasteiger partial charge in [0.15, 0.2) is 0 Å². The lowest BCUT2D eigenvalue weighted by Gasteiger charge is -2.38.